The largest absolute Gasteiger partial charge is 0.491 e. The second-order valence-corrected chi connectivity index (χ2v) is 4.67. The summed E-state index contributed by atoms with van der Waals surface area (Å²) in [7, 11) is 1.31. The van der Waals surface area contributed by atoms with Crippen molar-refractivity contribution < 1.29 is 14.3 Å². The lowest BCUT2D eigenvalue weighted by molar-refractivity contribution is 0.0594. The zero-order valence-electron chi connectivity index (χ0n) is 11.5. The Morgan fingerprint density at radius 2 is 2.19 bits per heavy atom. The SMILES string of the molecule is COC(=O)c1ccc(N)c(NC2COc3ccccc32)n1. The average molecular weight is 285 g/mol. The number of nitrogens with one attached hydrogen (secondary N) is 1. The average Bonchev–Trinajstić information content (AvgIpc) is 2.92. The highest BCUT2D eigenvalue weighted by Crippen LogP contribution is 2.34. The zero-order chi connectivity index (χ0) is 14.8. The molecule has 2 aromatic rings. The van der Waals surface area contributed by atoms with Crippen molar-refractivity contribution in [2.75, 3.05) is 24.8 Å². The fourth-order valence-electron chi connectivity index (χ4n) is 2.25. The lowest BCUT2D eigenvalue weighted by atomic mass is 10.1. The highest BCUT2D eigenvalue weighted by Gasteiger charge is 2.24. The van der Waals surface area contributed by atoms with Crippen LogP contribution in [-0.2, 0) is 4.74 Å². The van der Waals surface area contributed by atoms with Gasteiger partial charge in [0.2, 0.25) is 0 Å². The molecule has 108 valence electrons. The third-order valence-corrected chi connectivity index (χ3v) is 3.33. The maximum atomic E-state index is 11.5. The lowest BCUT2D eigenvalue weighted by Gasteiger charge is -2.14. The first kappa shape index (κ1) is 13.2. The summed E-state index contributed by atoms with van der Waals surface area (Å²) in [4.78, 5) is 15.7. The van der Waals surface area contributed by atoms with Crippen LogP contribution in [0.1, 0.15) is 22.1 Å². The van der Waals surface area contributed by atoms with Gasteiger partial charge in [-0.2, -0.15) is 0 Å². The molecule has 0 spiro atoms. The number of para-hydroxylation sites is 1. The fraction of sp³-hybridized carbons (Fsp3) is 0.200. The maximum absolute atomic E-state index is 11.5. The van der Waals surface area contributed by atoms with Crippen LogP contribution in [0.3, 0.4) is 0 Å². The van der Waals surface area contributed by atoms with Crippen molar-refractivity contribution >= 4 is 17.5 Å². The molecule has 0 bridgehead atoms. The summed E-state index contributed by atoms with van der Waals surface area (Å²) < 4.78 is 10.3. The van der Waals surface area contributed by atoms with Crippen LogP contribution >= 0.6 is 0 Å². The number of anilines is 2. The summed E-state index contributed by atoms with van der Waals surface area (Å²) in [5.74, 6) is 0.794. The summed E-state index contributed by atoms with van der Waals surface area (Å²) in [5, 5.41) is 3.22. The standard InChI is InChI=1S/C15H15N3O3/c1-20-15(19)11-7-6-10(16)14(17-11)18-12-8-21-13-5-3-2-4-9(12)13/h2-7,12H,8,16H2,1H3,(H,17,18). The molecule has 1 unspecified atom stereocenters. The predicted octanol–water partition coefficient (Wildman–Crippen LogP) is 2.00. The van der Waals surface area contributed by atoms with Gasteiger partial charge < -0.3 is 20.5 Å². The Morgan fingerprint density at radius 3 is 3.00 bits per heavy atom. The molecule has 6 heteroatoms. The first-order valence-electron chi connectivity index (χ1n) is 6.52. The van der Waals surface area contributed by atoms with E-state index in [0.29, 0.717) is 18.1 Å². The Hall–Kier alpha value is -2.76. The Bertz CT molecular complexity index is 688. The molecule has 1 aromatic carbocycles. The highest BCUT2D eigenvalue weighted by molar-refractivity contribution is 5.88. The van der Waals surface area contributed by atoms with E-state index in [-0.39, 0.29) is 11.7 Å². The van der Waals surface area contributed by atoms with E-state index >= 15 is 0 Å². The minimum Gasteiger partial charge on any atom is -0.491 e. The van der Waals surface area contributed by atoms with Gasteiger partial charge in [0.15, 0.2) is 11.5 Å². The van der Waals surface area contributed by atoms with Crippen molar-refractivity contribution in [3.8, 4) is 5.75 Å². The number of benzene rings is 1. The van der Waals surface area contributed by atoms with Crippen LogP contribution in [0.4, 0.5) is 11.5 Å². The molecule has 1 aromatic heterocycles. The van der Waals surface area contributed by atoms with E-state index in [1.165, 1.54) is 13.2 Å². The normalized spacial score (nSPS) is 16.0. The molecule has 0 saturated carbocycles. The zero-order valence-corrected chi connectivity index (χ0v) is 11.5. The third kappa shape index (κ3) is 2.47. The number of aromatic nitrogens is 1. The minimum atomic E-state index is -0.499. The van der Waals surface area contributed by atoms with E-state index in [1.807, 2.05) is 24.3 Å². The van der Waals surface area contributed by atoms with Gasteiger partial charge in [0.25, 0.3) is 0 Å². The maximum Gasteiger partial charge on any atom is 0.356 e. The molecule has 0 saturated heterocycles. The van der Waals surface area contributed by atoms with E-state index in [9.17, 15) is 4.79 Å². The molecular formula is C15H15N3O3. The Kier molecular flexibility index (Phi) is 3.35. The molecule has 1 aliphatic rings. The van der Waals surface area contributed by atoms with Crippen LogP contribution in [0.25, 0.3) is 0 Å². The number of fused-ring (bicyclic) bond motifs is 1. The monoisotopic (exact) mass is 285 g/mol. The van der Waals surface area contributed by atoms with Crippen LogP contribution < -0.4 is 15.8 Å². The summed E-state index contributed by atoms with van der Waals surface area (Å²) in [6.07, 6.45) is 0. The van der Waals surface area contributed by atoms with E-state index in [0.717, 1.165) is 11.3 Å². The number of esters is 1. The number of rotatable bonds is 3. The Morgan fingerprint density at radius 1 is 1.38 bits per heavy atom. The van der Waals surface area contributed by atoms with E-state index in [2.05, 4.69) is 15.0 Å². The van der Waals surface area contributed by atoms with Crippen molar-refractivity contribution in [1.29, 1.82) is 0 Å². The van der Waals surface area contributed by atoms with Crippen molar-refractivity contribution in [3.63, 3.8) is 0 Å². The molecule has 0 amide bonds. The van der Waals surface area contributed by atoms with Crippen molar-refractivity contribution in [2.45, 2.75) is 6.04 Å². The molecule has 1 aliphatic heterocycles. The number of nitrogen functional groups attached to an aromatic ring is 1. The molecular weight excluding hydrogens is 270 g/mol. The summed E-state index contributed by atoms with van der Waals surface area (Å²) in [6.45, 7) is 0.489. The molecule has 1 atom stereocenters. The van der Waals surface area contributed by atoms with Gasteiger partial charge in [-0.3, -0.25) is 0 Å². The summed E-state index contributed by atoms with van der Waals surface area (Å²) >= 11 is 0. The summed E-state index contributed by atoms with van der Waals surface area (Å²) in [6, 6.07) is 10.9. The van der Waals surface area contributed by atoms with Gasteiger partial charge in [-0.05, 0) is 18.2 Å². The van der Waals surface area contributed by atoms with Crippen LogP contribution in [0.2, 0.25) is 0 Å². The topological polar surface area (TPSA) is 86.5 Å². The number of ether oxygens (including phenoxy) is 2. The third-order valence-electron chi connectivity index (χ3n) is 3.33. The molecule has 21 heavy (non-hydrogen) atoms. The first-order valence-corrected chi connectivity index (χ1v) is 6.52. The van der Waals surface area contributed by atoms with Gasteiger partial charge in [0, 0.05) is 5.56 Å². The van der Waals surface area contributed by atoms with Gasteiger partial charge in [-0.1, -0.05) is 18.2 Å². The number of methoxy groups -OCH3 is 1. The van der Waals surface area contributed by atoms with Gasteiger partial charge in [-0.25, -0.2) is 9.78 Å². The van der Waals surface area contributed by atoms with Gasteiger partial charge in [0.05, 0.1) is 18.8 Å². The number of hydrogen-bond donors (Lipinski definition) is 2. The number of hydrogen-bond acceptors (Lipinski definition) is 6. The Labute approximate surface area is 121 Å². The number of nitrogens with two attached hydrogens (primary N) is 1. The second-order valence-electron chi connectivity index (χ2n) is 4.67. The van der Waals surface area contributed by atoms with Crippen LogP contribution in [0.5, 0.6) is 5.75 Å². The van der Waals surface area contributed by atoms with Crippen molar-refractivity contribution in [3.05, 3.63) is 47.7 Å². The lowest BCUT2D eigenvalue weighted by Crippen LogP contribution is -2.16. The molecule has 2 heterocycles. The molecule has 0 radical (unpaired) electrons. The fourth-order valence-corrected chi connectivity index (χ4v) is 2.25. The predicted molar refractivity (Wildman–Crippen MR) is 78.3 cm³/mol. The van der Waals surface area contributed by atoms with Gasteiger partial charge in [-0.15, -0.1) is 0 Å². The van der Waals surface area contributed by atoms with Crippen LogP contribution in [-0.4, -0.2) is 24.7 Å². The molecule has 3 rings (SSSR count). The van der Waals surface area contributed by atoms with Crippen molar-refractivity contribution in [2.24, 2.45) is 0 Å². The second kappa shape index (κ2) is 5.32. The number of pyridine rings is 1. The van der Waals surface area contributed by atoms with E-state index in [4.69, 9.17) is 10.5 Å². The highest BCUT2D eigenvalue weighted by atomic mass is 16.5. The summed E-state index contributed by atoms with van der Waals surface area (Å²) in [5.41, 5.74) is 7.63. The number of nitrogens with zero attached hydrogens (tertiary/aromatic N) is 1. The first-order chi connectivity index (χ1) is 10.2. The molecule has 0 fully saturated rings. The minimum absolute atomic E-state index is 0.0519. The molecule has 3 N–H and O–H groups in total. The number of carbonyl (C=O) groups excluding carboxylic acids is 1. The quantitative estimate of drug-likeness (QED) is 0.839. The van der Waals surface area contributed by atoms with Crippen LogP contribution in [0, 0.1) is 0 Å². The van der Waals surface area contributed by atoms with Crippen molar-refractivity contribution in [1.82, 2.24) is 4.98 Å². The van der Waals surface area contributed by atoms with E-state index in [1.54, 1.807) is 6.07 Å². The Balaban J connectivity index is 1.87. The molecule has 0 aliphatic carbocycles. The smallest absolute Gasteiger partial charge is 0.356 e. The van der Waals surface area contributed by atoms with Crippen LogP contribution in [0.15, 0.2) is 36.4 Å². The van der Waals surface area contributed by atoms with E-state index < -0.39 is 5.97 Å². The van der Waals surface area contributed by atoms with Gasteiger partial charge >= 0.3 is 5.97 Å². The molecule has 6 nitrogen and oxygen atoms in total. The van der Waals surface area contributed by atoms with Gasteiger partial charge in [0.1, 0.15) is 12.4 Å². The number of carbonyl (C=O) groups is 1.